The summed E-state index contributed by atoms with van der Waals surface area (Å²) in [5, 5.41) is 3.29. The van der Waals surface area contributed by atoms with Crippen LogP contribution in [-0.2, 0) is 11.1 Å². The molecule has 122 valence electrons. The first kappa shape index (κ1) is 16.9. The van der Waals surface area contributed by atoms with Crippen LogP contribution in [-0.4, -0.2) is 31.5 Å². The van der Waals surface area contributed by atoms with Crippen LogP contribution < -0.4 is 11.0 Å². The highest BCUT2D eigenvalue weighted by atomic mass is 31.2. The van der Waals surface area contributed by atoms with Crippen molar-refractivity contribution in [3.8, 4) is 0 Å². The molecule has 1 fully saturated rings. The lowest BCUT2D eigenvalue weighted by Crippen LogP contribution is -2.27. The minimum Gasteiger partial charge on any atom is -0.367 e. The van der Waals surface area contributed by atoms with Gasteiger partial charge < -0.3 is 15.1 Å². The summed E-state index contributed by atoms with van der Waals surface area (Å²) >= 11 is 0. The van der Waals surface area contributed by atoms with Crippen LogP contribution in [0.25, 0.3) is 0 Å². The molecular formula is C14H22N3O4P. The lowest BCUT2D eigenvalue weighted by molar-refractivity contribution is 0.377. The molecule has 1 aliphatic carbocycles. The van der Waals surface area contributed by atoms with Crippen LogP contribution >= 0.6 is 7.60 Å². The van der Waals surface area contributed by atoms with E-state index in [1.165, 1.54) is 29.9 Å². The molecule has 1 saturated carbocycles. The quantitative estimate of drug-likeness (QED) is 0.543. The van der Waals surface area contributed by atoms with Crippen molar-refractivity contribution in [3.05, 3.63) is 34.9 Å². The average Bonchev–Trinajstić information content (AvgIpc) is 2.45. The fraction of sp³-hybridized carbons (Fsp3) is 0.571. The molecule has 0 spiro atoms. The van der Waals surface area contributed by atoms with Crippen molar-refractivity contribution in [2.24, 2.45) is 0 Å². The number of hydrogen-bond donors (Lipinski definition) is 3. The van der Waals surface area contributed by atoms with Crippen LogP contribution in [0.5, 0.6) is 0 Å². The molecule has 2 rings (SSSR count). The van der Waals surface area contributed by atoms with Crippen LogP contribution in [0, 0.1) is 0 Å². The molecule has 1 heterocycles. The van der Waals surface area contributed by atoms with E-state index in [4.69, 9.17) is 9.79 Å². The smallest absolute Gasteiger partial charge is 0.349 e. The van der Waals surface area contributed by atoms with E-state index < -0.39 is 7.60 Å². The molecule has 1 aromatic rings. The van der Waals surface area contributed by atoms with Crippen molar-refractivity contribution in [1.29, 1.82) is 0 Å². The normalized spacial score (nSPS) is 17.0. The zero-order valence-electron chi connectivity index (χ0n) is 12.4. The summed E-state index contributed by atoms with van der Waals surface area (Å²) in [6.07, 6.45) is 10.1. The summed E-state index contributed by atoms with van der Waals surface area (Å²) in [7, 11) is -4.03. The minimum absolute atomic E-state index is 0.246. The Balaban J connectivity index is 1.91. The minimum atomic E-state index is -4.03. The van der Waals surface area contributed by atoms with Gasteiger partial charge >= 0.3 is 13.3 Å². The van der Waals surface area contributed by atoms with Crippen LogP contribution in [0.3, 0.4) is 0 Å². The number of nitrogens with zero attached hydrogens (tertiary/aromatic N) is 2. The first-order valence-electron chi connectivity index (χ1n) is 7.48. The van der Waals surface area contributed by atoms with Gasteiger partial charge in [0.15, 0.2) is 0 Å². The van der Waals surface area contributed by atoms with E-state index in [-0.39, 0.29) is 18.4 Å². The molecule has 0 aromatic carbocycles. The van der Waals surface area contributed by atoms with Gasteiger partial charge in [0, 0.05) is 18.8 Å². The maximum absolute atomic E-state index is 11.9. The molecule has 7 nitrogen and oxygen atoms in total. The summed E-state index contributed by atoms with van der Waals surface area (Å²) < 4.78 is 12.1. The van der Waals surface area contributed by atoms with Crippen molar-refractivity contribution < 1.29 is 14.4 Å². The summed E-state index contributed by atoms with van der Waals surface area (Å²) in [5.41, 5.74) is -0.373. The van der Waals surface area contributed by atoms with E-state index >= 15 is 0 Å². The van der Waals surface area contributed by atoms with Crippen molar-refractivity contribution in [3.63, 3.8) is 0 Å². The van der Waals surface area contributed by atoms with Gasteiger partial charge in [0.1, 0.15) is 5.82 Å². The van der Waals surface area contributed by atoms with Crippen molar-refractivity contribution in [1.82, 2.24) is 9.55 Å². The van der Waals surface area contributed by atoms with Gasteiger partial charge in [-0.25, -0.2) is 4.79 Å². The molecule has 0 aliphatic heterocycles. The third kappa shape index (κ3) is 5.75. The number of hydrogen-bond acceptors (Lipinski definition) is 4. The lowest BCUT2D eigenvalue weighted by atomic mass is 9.95. The highest BCUT2D eigenvalue weighted by Gasteiger charge is 2.13. The van der Waals surface area contributed by atoms with Crippen LogP contribution in [0.15, 0.2) is 29.2 Å². The van der Waals surface area contributed by atoms with Gasteiger partial charge in [-0.3, -0.25) is 9.13 Å². The third-order valence-corrected chi connectivity index (χ3v) is 4.33. The van der Waals surface area contributed by atoms with Gasteiger partial charge in [0.05, 0.1) is 6.16 Å². The Bertz CT molecular complexity index is 617. The van der Waals surface area contributed by atoms with E-state index in [9.17, 15) is 9.36 Å². The highest BCUT2D eigenvalue weighted by molar-refractivity contribution is 7.51. The van der Waals surface area contributed by atoms with E-state index in [2.05, 4.69) is 10.3 Å². The van der Waals surface area contributed by atoms with Crippen molar-refractivity contribution >= 4 is 13.4 Å². The Hall–Kier alpha value is -1.43. The van der Waals surface area contributed by atoms with Gasteiger partial charge in [-0.15, -0.1) is 0 Å². The Kier molecular flexibility index (Phi) is 5.94. The second-order valence-electron chi connectivity index (χ2n) is 5.55. The maximum Gasteiger partial charge on any atom is 0.349 e. The van der Waals surface area contributed by atoms with E-state index in [1.54, 1.807) is 18.3 Å². The molecule has 0 saturated heterocycles. The molecule has 1 aromatic heterocycles. The largest absolute Gasteiger partial charge is 0.367 e. The molecule has 22 heavy (non-hydrogen) atoms. The van der Waals surface area contributed by atoms with E-state index in [0.29, 0.717) is 11.9 Å². The Morgan fingerprint density at radius 3 is 2.68 bits per heavy atom. The number of rotatable bonds is 6. The van der Waals surface area contributed by atoms with E-state index in [0.717, 1.165) is 12.8 Å². The second-order valence-corrected chi connectivity index (χ2v) is 7.24. The van der Waals surface area contributed by atoms with Crippen LogP contribution in [0.4, 0.5) is 5.82 Å². The van der Waals surface area contributed by atoms with Crippen LogP contribution in [0.2, 0.25) is 0 Å². The second kappa shape index (κ2) is 7.72. The lowest BCUT2D eigenvalue weighted by Gasteiger charge is -2.23. The highest BCUT2D eigenvalue weighted by Crippen LogP contribution is 2.33. The SMILES string of the molecule is O=c1nc(NC2CCCCC2)ccn1C/C=C/CP(=O)(O)O. The first-order chi connectivity index (χ1) is 10.4. The zero-order valence-corrected chi connectivity index (χ0v) is 13.3. The molecule has 0 bridgehead atoms. The van der Waals surface area contributed by atoms with E-state index in [1.807, 2.05) is 0 Å². The molecule has 0 amide bonds. The first-order valence-corrected chi connectivity index (χ1v) is 9.27. The average molecular weight is 327 g/mol. The van der Waals surface area contributed by atoms with Gasteiger partial charge in [-0.05, 0) is 18.9 Å². The fourth-order valence-electron chi connectivity index (χ4n) is 2.50. The van der Waals surface area contributed by atoms with Crippen molar-refractivity contribution in [2.45, 2.75) is 44.7 Å². The Morgan fingerprint density at radius 2 is 2.05 bits per heavy atom. The number of anilines is 1. The molecule has 0 radical (unpaired) electrons. The standard InChI is InChI=1S/C14H22N3O4P/c18-14-16-13(15-12-6-2-1-3-7-12)8-10-17(14)9-4-5-11-22(19,20)21/h4-5,8,10,12H,1-3,6-7,9,11H2,(H,15,16,18)(H2,19,20,21)/b5-4+. The number of nitrogens with one attached hydrogen (secondary N) is 1. The van der Waals surface area contributed by atoms with Crippen molar-refractivity contribution in [2.75, 3.05) is 11.5 Å². The predicted molar refractivity (Wildman–Crippen MR) is 85.0 cm³/mol. The maximum atomic E-state index is 11.9. The monoisotopic (exact) mass is 327 g/mol. The molecule has 1 aliphatic rings. The van der Waals surface area contributed by atoms with Gasteiger partial charge in [0.25, 0.3) is 0 Å². The fourth-order valence-corrected chi connectivity index (χ4v) is 2.93. The molecule has 0 atom stereocenters. The topological polar surface area (TPSA) is 104 Å². The zero-order chi connectivity index (χ0) is 16.0. The molecule has 8 heteroatoms. The number of aromatic nitrogens is 2. The predicted octanol–water partition coefficient (Wildman–Crippen LogP) is 1.72. The Labute approximate surface area is 129 Å². The van der Waals surface area contributed by atoms with Crippen LogP contribution in [0.1, 0.15) is 32.1 Å². The molecular weight excluding hydrogens is 305 g/mol. The molecule has 3 N–H and O–H groups in total. The third-order valence-electron chi connectivity index (χ3n) is 3.64. The van der Waals surface area contributed by atoms with Gasteiger partial charge in [-0.2, -0.15) is 4.98 Å². The summed E-state index contributed by atoms with van der Waals surface area (Å²) in [6, 6.07) is 2.15. The number of allylic oxidation sites excluding steroid dienone is 2. The van der Waals surface area contributed by atoms with Gasteiger partial charge in [-0.1, -0.05) is 31.4 Å². The summed E-state index contributed by atoms with van der Waals surface area (Å²) in [5.74, 6) is 0.590. The Morgan fingerprint density at radius 1 is 1.32 bits per heavy atom. The summed E-state index contributed by atoms with van der Waals surface area (Å²) in [4.78, 5) is 33.4. The van der Waals surface area contributed by atoms with Gasteiger partial charge in [0.2, 0.25) is 0 Å². The molecule has 0 unspecified atom stereocenters. The summed E-state index contributed by atoms with van der Waals surface area (Å²) in [6.45, 7) is 0.246.